The zero-order chi connectivity index (χ0) is 21.4. The quantitative estimate of drug-likeness (QED) is 0.630. The van der Waals surface area contributed by atoms with Crippen molar-refractivity contribution in [3.63, 3.8) is 0 Å². The smallest absolute Gasteiger partial charge is 0.257 e. The van der Waals surface area contributed by atoms with Gasteiger partial charge in [-0.25, -0.2) is 14.6 Å². The molecular formula is C25H29N5O. The Hall–Kier alpha value is -3.02. The summed E-state index contributed by atoms with van der Waals surface area (Å²) in [6.07, 6.45) is 11.1. The molecule has 1 fully saturated rings. The summed E-state index contributed by atoms with van der Waals surface area (Å²) >= 11 is 0. The summed E-state index contributed by atoms with van der Waals surface area (Å²) in [7, 11) is 0. The van der Waals surface area contributed by atoms with Gasteiger partial charge in [0.05, 0.1) is 23.1 Å². The van der Waals surface area contributed by atoms with Crippen LogP contribution in [0.5, 0.6) is 0 Å². The molecule has 2 aromatic heterocycles. The van der Waals surface area contributed by atoms with Gasteiger partial charge < -0.3 is 4.90 Å². The zero-order valence-corrected chi connectivity index (χ0v) is 18.3. The number of carbonyl (C=O) groups excluding carboxylic acids is 1. The van der Waals surface area contributed by atoms with Crippen LogP contribution in [0.25, 0.3) is 17.2 Å². The number of rotatable bonds is 3. The van der Waals surface area contributed by atoms with Gasteiger partial charge in [0.25, 0.3) is 11.9 Å². The molecule has 1 atom stereocenters. The maximum atomic E-state index is 13.3. The van der Waals surface area contributed by atoms with Crippen LogP contribution >= 0.6 is 0 Å². The number of fused-ring (bicyclic) bond motifs is 3. The van der Waals surface area contributed by atoms with E-state index in [1.807, 2.05) is 18.0 Å². The van der Waals surface area contributed by atoms with E-state index in [9.17, 15) is 4.79 Å². The highest BCUT2D eigenvalue weighted by molar-refractivity contribution is 5.95. The summed E-state index contributed by atoms with van der Waals surface area (Å²) in [6, 6.07) is 8.80. The van der Waals surface area contributed by atoms with Crippen molar-refractivity contribution in [1.29, 1.82) is 0 Å². The van der Waals surface area contributed by atoms with Gasteiger partial charge in [-0.3, -0.25) is 4.79 Å². The van der Waals surface area contributed by atoms with E-state index in [4.69, 9.17) is 4.98 Å². The third-order valence-corrected chi connectivity index (χ3v) is 6.81. The van der Waals surface area contributed by atoms with E-state index in [1.165, 1.54) is 23.1 Å². The van der Waals surface area contributed by atoms with Crippen molar-refractivity contribution < 1.29 is 4.79 Å². The number of piperidine rings is 1. The highest BCUT2D eigenvalue weighted by Crippen LogP contribution is 2.31. The highest BCUT2D eigenvalue weighted by atomic mass is 16.2. The minimum atomic E-state index is 0.0791. The van der Waals surface area contributed by atoms with Crippen molar-refractivity contribution in [1.82, 2.24) is 24.6 Å². The van der Waals surface area contributed by atoms with Gasteiger partial charge in [0.15, 0.2) is 0 Å². The first-order valence-electron chi connectivity index (χ1n) is 11.5. The molecule has 1 unspecified atom stereocenters. The predicted octanol–water partition coefficient (Wildman–Crippen LogP) is 4.53. The third-order valence-electron chi connectivity index (χ3n) is 6.81. The molecule has 0 saturated carbocycles. The standard InChI is InChI=1S/C25H29N5O/c1-3-20-12-6-7-14-29(20)24(31)22-16-27-30(17(22)2)25-26-15-19-11-8-10-18-9-4-5-13-21(18)23(19)28-25/h4-5,9,13,15-16,20H,3,6-8,10-12,14H2,1-2H3. The van der Waals surface area contributed by atoms with Crippen LogP contribution in [0.1, 0.15) is 66.2 Å². The molecule has 1 aliphatic carbocycles. The fourth-order valence-electron chi connectivity index (χ4n) is 5.02. The van der Waals surface area contributed by atoms with Gasteiger partial charge in [-0.05, 0) is 63.0 Å². The number of aryl methyl sites for hydroxylation is 2. The molecule has 160 valence electrons. The number of hydrogen-bond acceptors (Lipinski definition) is 4. The Kier molecular flexibility index (Phi) is 5.30. The molecular weight excluding hydrogens is 386 g/mol. The first-order chi connectivity index (χ1) is 15.2. The van der Waals surface area contributed by atoms with Gasteiger partial charge in [0.1, 0.15) is 0 Å². The zero-order valence-electron chi connectivity index (χ0n) is 18.3. The lowest BCUT2D eigenvalue weighted by Gasteiger charge is -2.35. The first kappa shape index (κ1) is 19.9. The van der Waals surface area contributed by atoms with Crippen LogP contribution < -0.4 is 0 Å². The third kappa shape index (κ3) is 3.54. The Morgan fingerprint density at radius 1 is 1.10 bits per heavy atom. The molecule has 3 aromatic rings. The molecule has 3 heterocycles. The Bertz CT molecular complexity index is 1120. The molecule has 1 saturated heterocycles. The summed E-state index contributed by atoms with van der Waals surface area (Å²) < 4.78 is 1.71. The Balaban J connectivity index is 1.51. The summed E-state index contributed by atoms with van der Waals surface area (Å²) in [6.45, 7) is 4.93. The van der Waals surface area contributed by atoms with Crippen LogP contribution in [0.15, 0.2) is 36.7 Å². The number of carbonyl (C=O) groups is 1. The monoisotopic (exact) mass is 415 g/mol. The molecule has 1 amide bonds. The topological polar surface area (TPSA) is 63.9 Å². The average molecular weight is 416 g/mol. The van der Waals surface area contributed by atoms with Crippen LogP contribution in [0.4, 0.5) is 0 Å². The van der Waals surface area contributed by atoms with E-state index in [2.05, 4.69) is 41.3 Å². The Morgan fingerprint density at radius 2 is 1.94 bits per heavy atom. The highest BCUT2D eigenvalue weighted by Gasteiger charge is 2.29. The Morgan fingerprint density at radius 3 is 2.81 bits per heavy atom. The van der Waals surface area contributed by atoms with Gasteiger partial charge in [-0.2, -0.15) is 5.10 Å². The van der Waals surface area contributed by atoms with Gasteiger partial charge in [-0.1, -0.05) is 31.2 Å². The molecule has 1 aliphatic heterocycles. The first-order valence-corrected chi connectivity index (χ1v) is 11.5. The number of likely N-dealkylation sites (tertiary alicyclic amines) is 1. The molecule has 2 aliphatic rings. The van der Waals surface area contributed by atoms with Gasteiger partial charge >= 0.3 is 0 Å². The molecule has 0 radical (unpaired) electrons. The molecule has 0 spiro atoms. The van der Waals surface area contributed by atoms with Crippen molar-refractivity contribution in [2.45, 2.75) is 64.8 Å². The molecule has 6 heteroatoms. The number of amides is 1. The minimum absolute atomic E-state index is 0.0791. The van der Waals surface area contributed by atoms with Gasteiger partial charge in [0.2, 0.25) is 0 Å². The molecule has 31 heavy (non-hydrogen) atoms. The molecule has 5 rings (SSSR count). The van der Waals surface area contributed by atoms with Crippen molar-refractivity contribution in [2.24, 2.45) is 0 Å². The van der Waals surface area contributed by atoms with E-state index in [0.717, 1.165) is 56.5 Å². The average Bonchev–Trinajstić information content (AvgIpc) is 3.10. The second kappa shape index (κ2) is 8.25. The van der Waals surface area contributed by atoms with E-state index >= 15 is 0 Å². The fourth-order valence-corrected chi connectivity index (χ4v) is 5.02. The van der Waals surface area contributed by atoms with Crippen LogP contribution in [-0.4, -0.2) is 43.1 Å². The normalized spacial score (nSPS) is 18.3. The lowest BCUT2D eigenvalue weighted by atomic mass is 9.99. The van der Waals surface area contributed by atoms with Crippen molar-refractivity contribution >= 4 is 5.91 Å². The summed E-state index contributed by atoms with van der Waals surface area (Å²) in [4.78, 5) is 24.9. The maximum absolute atomic E-state index is 13.3. The fraction of sp³-hybridized carbons (Fsp3) is 0.440. The lowest BCUT2D eigenvalue weighted by Crippen LogP contribution is -2.43. The van der Waals surface area contributed by atoms with Crippen LogP contribution in [0.2, 0.25) is 0 Å². The van der Waals surface area contributed by atoms with Crippen LogP contribution in [0, 0.1) is 6.92 Å². The van der Waals surface area contributed by atoms with Crippen LogP contribution in [-0.2, 0) is 12.8 Å². The van der Waals surface area contributed by atoms with E-state index in [0.29, 0.717) is 17.6 Å². The largest absolute Gasteiger partial charge is 0.336 e. The van der Waals surface area contributed by atoms with Crippen molar-refractivity contribution in [3.8, 4) is 17.2 Å². The van der Waals surface area contributed by atoms with Crippen molar-refractivity contribution in [3.05, 3.63) is 59.0 Å². The van der Waals surface area contributed by atoms with E-state index in [1.54, 1.807) is 10.9 Å². The van der Waals surface area contributed by atoms with Crippen LogP contribution in [0.3, 0.4) is 0 Å². The molecule has 6 nitrogen and oxygen atoms in total. The summed E-state index contributed by atoms with van der Waals surface area (Å²) in [5.41, 5.74) is 6.12. The molecule has 1 aromatic carbocycles. The molecule has 0 N–H and O–H groups in total. The lowest BCUT2D eigenvalue weighted by molar-refractivity contribution is 0.0607. The maximum Gasteiger partial charge on any atom is 0.257 e. The summed E-state index contributed by atoms with van der Waals surface area (Å²) in [5, 5.41) is 4.53. The number of nitrogens with zero attached hydrogens (tertiary/aromatic N) is 5. The SMILES string of the molecule is CCC1CCCCN1C(=O)c1cnn(-c2ncc3c(n2)-c2ccccc2CCC3)c1C. The number of benzene rings is 1. The van der Waals surface area contributed by atoms with E-state index in [-0.39, 0.29) is 5.91 Å². The summed E-state index contributed by atoms with van der Waals surface area (Å²) in [5.74, 6) is 0.605. The second-order valence-electron chi connectivity index (χ2n) is 8.67. The molecule has 0 bridgehead atoms. The predicted molar refractivity (Wildman–Crippen MR) is 120 cm³/mol. The second-order valence-corrected chi connectivity index (χ2v) is 8.67. The number of aromatic nitrogens is 4. The Labute approximate surface area is 183 Å². The van der Waals surface area contributed by atoms with E-state index < -0.39 is 0 Å². The number of hydrogen-bond donors (Lipinski definition) is 0. The van der Waals surface area contributed by atoms with Gasteiger partial charge in [-0.15, -0.1) is 0 Å². The van der Waals surface area contributed by atoms with Crippen molar-refractivity contribution in [2.75, 3.05) is 6.54 Å². The van der Waals surface area contributed by atoms with Gasteiger partial charge in [0, 0.05) is 24.3 Å². The minimum Gasteiger partial charge on any atom is -0.336 e.